The topological polar surface area (TPSA) is 59.4 Å². The van der Waals surface area contributed by atoms with Crippen molar-refractivity contribution in [2.24, 2.45) is 13.0 Å². The van der Waals surface area contributed by atoms with Gasteiger partial charge in [0.25, 0.3) is 0 Å². The van der Waals surface area contributed by atoms with Crippen LogP contribution in [0.5, 0.6) is 0 Å². The van der Waals surface area contributed by atoms with Crippen molar-refractivity contribution < 1.29 is 9.53 Å². The van der Waals surface area contributed by atoms with Crippen LogP contribution >= 0.6 is 0 Å². The normalized spacial score (nSPS) is 25.1. The van der Waals surface area contributed by atoms with Gasteiger partial charge in [0, 0.05) is 50.8 Å². The minimum atomic E-state index is 0.0456. The highest BCUT2D eigenvalue weighted by Crippen LogP contribution is 2.40. The molecule has 1 aromatic heterocycles. The minimum Gasteiger partial charge on any atom is -0.381 e. The molecule has 4 rings (SSSR count). The number of rotatable bonds is 4. The fourth-order valence-electron chi connectivity index (χ4n) is 4.31. The van der Waals surface area contributed by atoms with Gasteiger partial charge < -0.3 is 15.0 Å². The molecule has 6 nitrogen and oxygen atoms in total. The fraction of sp³-hybridized carbons (Fsp3) is 0.500. The van der Waals surface area contributed by atoms with Gasteiger partial charge in [0.15, 0.2) is 0 Å². The van der Waals surface area contributed by atoms with Gasteiger partial charge in [0.2, 0.25) is 0 Å². The Kier molecular flexibility index (Phi) is 4.93. The summed E-state index contributed by atoms with van der Waals surface area (Å²) in [5.41, 5.74) is 2.44. The first-order valence-corrected chi connectivity index (χ1v) is 9.37. The molecule has 0 radical (unpaired) electrons. The number of carbonyl (C=O) groups is 1. The molecule has 3 atom stereocenters. The van der Waals surface area contributed by atoms with E-state index in [0.29, 0.717) is 18.4 Å². The molecule has 2 fully saturated rings. The monoisotopic (exact) mass is 354 g/mol. The number of carbonyl (C=O) groups excluding carboxylic acids is 1. The molecule has 0 spiro atoms. The molecular formula is C20H26N4O2. The molecule has 0 aliphatic carbocycles. The Morgan fingerprint density at radius 3 is 2.96 bits per heavy atom. The van der Waals surface area contributed by atoms with E-state index in [0.717, 1.165) is 38.2 Å². The first-order valence-electron chi connectivity index (χ1n) is 9.37. The highest BCUT2D eigenvalue weighted by Gasteiger charge is 2.45. The average Bonchev–Trinajstić information content (AvgIpc) is 3.26. The lowest BCUT2D eigenvalue weighted by Crippen LogP contribution is -2.47. The van der Waals surface area contributed by atoms with Crippen molar-refractivity contribution in [2.45, 2.75) is 24.8 Å². The van der Waals surface area contributed by atoms with Crippen molar-refractivity contribution >= 4 is 6.03 Å². The summed E-state index contributed by atoms with van der Waals surface area (Å²) >= 11 is 0. The smallest absolute Gasteiger partial charge is 0.317 e. The number of nitrogens with zero attached hydrogens (tertiary/aromatic N) is 3. The first kappa shape index (κ1) is 17.1. The Hall–Kier alpha value is -2.34. The highest BCUT2D eigenvalue weighted by molar-refractivity contribution is 5.75. The van der Waals surface area contributed by atoms with E-state index in [1.807, 2.05) is 30.4 Å². The number of urea groups is 1. The van der Waals surface area contributed by atoms with Crippen molar-refractivity contribution in [3.8, 4) is 0 Å². The molecule has 2 aliphatic rings. The molecule has 2 aromatic rings. The van der Waals surface area contributed by atoms with Crippen molar-refractivity contribution in [2.75, 3.05) is 26.3 Å². The van der Waals surface area contributed by atoms with Crippen LogP contribution in [0.25, 0.3) is 0 Å². The maximum absolute atomic E-state index is 12.8. The molecular weight excluding hydrogens is 328 g/mol. The summed E-state index contributed by atoms with van der Waals surface area (Å²) < 4.78 is 7.52. The number of fused-ring (bicyclic) bond motifs is 1. The van der Waals surface area contributed by atoms with E-state index >= 15 is 0 Å². The SMILES string of the molecule is Cn1cc(CCNC(=O)N2CC(c3ccccc3)C3COCCC32)cn1. The van der Waals surface area contributed by atoms with Crippen LogP contribution in [0.15, 0.2) is 42.7 Å². The lowest BCUT2D eigenvalue weighted by atomic mass is 9.84. The lowest BCUT2D eigenvalue weighted by Gasteiger charge is -2.32. The maximum atomic E-state index is 12.8. The van der Waals surface area contributed by atoms with Crippen LogP contribution in [0.3, 0.4) is 0 Å². The zero-order valence-electron chi connectivity index (χ0n) is 15.2. The molecule has 1 aromatic carbocycles. The van der Waals surface area contributed by atoms with Crippen LogP contribution in [-0.4, -0.2) is 53.1 Å². The Morgan fingerprint density at radius 2 is 2.19 bits per heavy atom. The number of hydrogen-bond acceptors (Lipinski definition) is 3. The third-order valence-electron chi connectivity index (χ3n) is 5.61. The molecule has 0 saturated carbocycles. The van der Waals surface area contributed by atoms with Crippen molar-refractivity contribution in [3.05, 3.63) is 53.9 Å². The average molecular weight is 354 g/mol. The standard InChI is InChI=1S/C20H26N4O2/c1-23-12-15(11-22-23)7-9-21-20(25)24-13-17(16-5-3-2-4-6-16)18-14-26-10-8-19(18)24/h2-6,11-12,17-19H,7-10,13-14H2,1H3,(H,21,25). The van der Waals surface area contributed by atoms with Gasteiger partial charge in [0.1, 0.15) is 0 Å². The Morgan fingerprint density at radius 1 is 1.35 bits per heavy atom. The van der Waals surface area contributed by atoms with E-state index in [9.17, 15) is 4.79 Å². The van der Waals surface area contributed by atoms with Crippen LogP contribution < -0.4 is 5.32 Å². The number of hydrogen-bond donors (Lipinski definition) is 1. The molecule has 6 heteroatoms. The van der Waals surface area contributed by atoms with Gasteiger partial charge >= 0.3 is 6.03 Å². The molecule has 0 bridgehead atoms. The highest BCUT2D eigenvalue weighted by atomic mass is 16.5. The molecule has 2 aliphatic heterocycles. The number of nitrogens with one attached hydrogen (secondary N) is 1. The van der Waals surface area contributed by atoms with Crippen molar-refractivity contribution in [3.63, 3.8) is 0 Å². The van der Waals surface area contributed by atoms with E-state index in [1.165, 1.54) is 5.56 Å². The fourth-order valence-corrected chi connectivity index (χ4v) is 4.31. The number of amides is 2. The van der Waals surface area contributed by atoms with Gasteiger partial charge in [-0.3, -0.25) is 4.68 Å². The molecule has 1 N–H and O–H groups in total. The van der Waals surface area contributed by atoms with Gasteiger partial charge in [-0.25, -0.2) is 4.79 Å². The summed E-state index contributed by atoms with van der Waals surface area (Å²) in [6.07, 6.45) is 5.56. The van der Waals surface area contributed by atoms with Gasteiger partial charge in [-0.1, -0.05) is 30.3 Å². The Balaban J connectivity index is 1.41. The largest absolute Gasteiger partial charge is 0.381 e. The van der Waals surface area contributed by atoms with Gasteiger partial charge in [0.05, 0.1) is 12.8 Å². The molecule has 138 valence electrons. The number of ether oxygens (including phenoxy) is 1. The molecule has 3 heterocycles. The molecule has 26 heavy (non-hydrogen) atoms. The zero-order valence-corrected chi connectivity index (χ0v) is 15.2. The summed E-state index contributed by atoms with van der Waals surface area (Å²) in [5, 5.41) is 7.27. The van der Waals surface area contributed by atoms with Gasteiger partial charge in [-0.15, -0.1) is 0 Å². The Labute approximate surface area is 154 Å². The summed E-state index contributed by atoms with van der Waals surface area (Å²) in [5.74, 6) is 0.737. The van der Waals surface area contributed by atoms with E-state index < -0.39 is 0 Å². The van der Waals surface area contributed by atoms with Crippen LogP contribution in [-0.2, 0) is 18.2 Å². The third kappa shape index (κ3) is 3.46. The van der Waals surface area contributed by atoms with E-state index in [4.69, 9.17) is 4.74 Å². The first-order chi connectivity index (χ1) is 12.7. The number of likely N-dealkylation sites (tertiary alicyclic amines) is 1. The molecule has 3 unspecified atom stereocenters. The van der Waals surface area contributed by atoms with E-state index in [-0.39, 0.29) is 12.1 Å². The Bertz CT molecular complexity index is 745. The predicted octanol–water partition coefficient (Wildman–Crippen LogP) is 2.18. The second-order valence-electron chi connectivity index (χ2n) is 7.27. The van der Waals surface area contributed by atoms with Gasteiger partial charge in [-0.2, -0.15) is 5.10 Å². The van der Waals surface area contributed by atoms with Crippen LogP contribution in [0.4, 0.5) is 4.79 Å². The number of benzene rings is 1. The summed E-state index contributed by atoms with van der Waals surface area (Å²) in [6, 6.07) is 10.8. The number of aromatic nitrogens is 2. The predicted molar refractivity (Wildman–Crippen MR) is 98.9 cm³/mol. The minimum absolute atomic E-state index is 0.0456. The second-order valence-corrected chi connectivity index (χ2v) is 7.27. The van der Waals surface area contributed by atoms with E-state index in [1.54, 1.807) is 4.68 Å². The molecule has 2 amide bonds. The van der Waals surface area contributed by atoms with Crippen LogP contribution in [0.1, 0.15) is 23.5 Å². The maximum Gasteiger partial charge on any atom is 0.317 e. The van der Waals surface area contributed by atoms with Crippen molar-refractivity contribution in [1.82, 2.24) is 20.0 Å². The van der Waals surface area contributed by atoms with E-state index in [2.05, 4.69) is 34.7 Å². The zero-order chi connectivity index (χ0) is 17.9. The summed E-state index contributed by atoms with van der Waals surface area (Å²) in [4.78, 5) is 14.9. The quantitative estimate of drug-likeness (QED) is 0.915. The van der Waals surface area contributed by atoms with Crippen LogP contribution in [0.2, 0.25) is 0 Å². The van der Waals surface area contributed by atoms with Gasteiger partial charge in [-0.05, 0) is 24.0 Å². The third-order valence-corrected chi connectivity index (χ3v) is 5.61. The molecule has 2 saturated heterocycles. The summed E-state index contributed by atoms with van der Waals surface area (Å²) in [6.45, 7) is 2.87. The number of aryl methyl sites for hydroxylation is 1. The van der Waals surface area contributed by atoms with Crippen LogP contribution in [0, 0.1) is 5.92 Å². The second kappa shape index (κ2) is 7.50. The summed E-state index contributed by atoms with van der Waals surface area (Å²) in [7, 11) is 1.90. The van der Waals surface area contributed by atoms with Crippen molar-refractivity contribution in [1.29, 1.82) is 0 Å². The lowest BCUT2D eigenvalue weighted by molar-refractivity contribution is 0.0262.